The van der Waals surface area contributed by atoms with Crippen LogP contribution in [-0.4, -0.2) is 58.4 Å². The van der Waals surface area contributed by atoms with Gasteiger partial charge in [0.1, 0.15) is 6.10 Å². The molecule has 4 N–H and O–H groups in total. The highest BCUT2D eigenvalue weighted by molar-refractivity contribution is 5.91. The molecule has 33 heavy (non-hydrogen) atoms. The quantitative estimate of drug-likeness (QED) is 0.207. The van der Waals surface area contributed by atoms with Crippen molar-refractivity contribution in [1.29, 1.82) is 0 Å². The van der Waals surface area contributed by atoms with Crippen molar-refractivity contribution in [2.24, 2.45) is 0 Å². The number of ether oxygens (including phenoxy) is 1. The minimum Gasteiger partial charge on any atom is -0.393 e. The molecule has 1 aliphatic rings. The van der Waals surface area contributed by atoms with Crippen LogP contribution in [0, 0.1) is 0 Å². The van der Waals surface area contributed by atoms with Crippen molar-refractivity contribution in [1.82, 2.24) is 20.2 Å². The first-order valence-electron chi connectivity index (χ1n) is 10.2. The molecule has 2 atom stereocenters. The van der Waals surface area contributed by atoms with Gasteiger partial charge in [0.25, 0.3) is 5.56 Å². The summed E-state index contributed by atoms with van der Waals surface area (Å²) in [7, 11) is 0. The molecule has 182 valence electrons. The molecule has 2 heterocycles. The van der Waals surface area contributed by atoms with Gasteiger partial charge in [-0.05, 0) is 25.0 Å². The molecule has 0 radical (unpaired) electrons. The number of amides is 2. The number of hydrogen-bond donors (Lipinski definition) is 4. The van der Waals surface area contributed by atoms with E-state index in [4.69, 9.17) is 9.84 Å². The van der Waals surface area contributed by atoms with Crippen molar-refractivity contribution >= 4 is 17.9 Å². The van der Waals surface area contributed by atoms with Crippen molar-refractivity contribution in [2.75, 3.05) is 19.7 Å². The minimum atomic E-state index is -4.88. The molecule has 10 nitrogen and oxygen atoms in total. The van der Waals surface area contributed by atoms with Gasteiger partial charge in [0.15, 0.2) is 6.23 Å². The number of aliphatic hydroxyl groups is 1. The van der Waals surface area contributed by atoms with Crippen LogP contribution >= 0.6 is 0 Å². The summed E-state index contributed by atoms with van der Waals surface area (Å²) in [6.45, 7) is -0.0175. The molecule has 2 rings (SSSR count). The molecule has 0 saturated carbocycles. The van der Waals surface area contributed by atoms with E-state index in [1.807, 2.05) is 0 Å². The number of hydrogen-bond acceptors (Lipinski definition) is 6. The number of nitrogens with one attached hydrogen (secondary N) is 3. The minimum absolute atomic E-state index is 0.0510. The van der Waals surface area contributed by atoms with Gasteiger partial charge in [-0.15, -0.1) is 0 Å². The number of unbranched alkanes of at least 4 members (excludes halogenated alkanes) is 3. The lowest BCUT2D eigenvalue weighted by Crippen LogP contribution is -2.37. The molecule has 0 saturated heterocycles. The average molecular weight is 474 g/mol. The first-order valence-corrected chi connectivity index (χ1v) is 10.2. The third kappa shape index (κ3) is 8.35. The topological polar surface area (TPSA) is 143 Å². The monoisotopic (exact) mass is 474 g/mol. The van der Waals surface area contributed by atoms with Crippen LogP contribution in [-0.2, 0) is 14.3 Å². The fraction of sp³-hybridized carbons (Fsp3) is 0.500. The van der Waals surface area contributed by atoms with E-state index in [1.165, 1.54) is 12.3 Å². The highest BCUT2D eigenvalue weighted by Crippen LogP contribution is 2.19. The van der Waals surface area contributed by atoms with Gasteiger partial charge >= 0.3 is 17.8 Å². The lowest BCUT2D eigenvalue weighted by molar-refractivity contribution is -0.173. The van der Waals surface area contributed by atoms with Crippen molar-refractivity contribution < 1.29 is 32.6 Å². The number of halogens is 3. The Bertz CT molecular complexity index is 999. The van der Waals surface area contributed by atoms with Crippen LogP contribution in [0.3, 0.4) is 0 Å². The number of rotatable bonds is 11. The second-order valence-corrected chi connectivity index (χ2v) is 7.18. The smallest absolute Gasteiger partial charge is 0.393 e. The van der Waals surface area contributed by atoms with Crippen molar-refractivity contribution in [2.45, 2.75) is 44.2 Å². The molecule has 0 aromatic carbocycles. The number of H-pyrrole nitrogens is 1. The fourth-order valence-electron chi connectivity index (χ4n) is 2.90. The second-order valence-electron chi connectivity index (χ2n) is 7.18. The summed E-state index contributed by atoms with van der Waals surface area (Å²) in [6, 6.07) is 0. The Kier molecular flexibility index (Phi) is 9.60. The molecule has 2 amide bonds. The number of aromatic nitrogens is 2. The summed E-state index contributed by atoms with van der Waals surface area (Å²) in [4.78, 5) is 48.7. The summed E-state index contributed by atoms with van der Waals surface area (Å²) in [5.74, 6) is -2.43. The van der Waals surface area contributed by atoms with Crippen LogP contribution < -0.4 is 21.9 Å². The van der Waals surface area contributed by atoms with E-state index >= 15 is 0 Å². The number of nitrogens with zero attached hydrogens (tertiary/aromatic N) is 1. The van der Waals surface area contributed by atoms with Crippen LogP contribution in [0.25, 0.3) is 6.08 Å². The third-order valence-corrected chi connectivity index (χ3v) is 4.61. The summed E-state index contributed by atoms with van der Waals surface area (Å²) in [6.07, 6.45) is 2.71. The standard InChI is InChI=1S/C20H25F3N4O6/c21-20(22,23)18(31)25-10-4-2-1-3-9-24-15(29)7-5-13-11-27(19(32)26-17(13)30)16-8-6-14(12-28)33-16/h5-8,11,14,16,28H,1-4,9-10,12H2,(H,24,29)(H,25,31)(H,26,30,32)/b7-5+/t14-,16+/m0/s1. The number of carbonyl (C=O) groups is 2. The van der Waals surface area contributed by atoms with Crippen LogP contribution in [0.15, 0.2) is 34.0 Å². The summed E-state index contributed by atoms with van der Waals surface area (Å²) in [5, 5.41) is 13.5. The van der Waals surface area contributed by atoms with Crippen LogP contribution in [0.5, 0.6) is 0 Å². The molecule has 0 bridgehead atoms. The number of aliphatic hydroxyl groups excluding tert-OH is 1. The first kappa shape index (κ1) is 26.1. The Labute approximate surface area is 186 Å². The summed E-state index contributed by atoms with van der Waals surface area (Å²) in [5.41, 5.74) is -1.33. The van der Waals surface area contributed by atoms with E-state index < -0.39 is 41.6 Å². The molecular formula is C20H25F3N4O6. The zero-order chi connectivity index (χ0) is 24.4. The van der Waals surface area contributed by atoms with E-state index in [9.17, 15) is 32.3 Å². The summed E-state index contributed by atoms with van der Waals surface area (Å²) >= 11 is 0. The maximum atomic E-state index is 12.0. The SMILES string of the molecule is O=C(/C=C/c1cn([C@H]2C=C[C@@H](CO)O2)c(=O)[nH]c1=O)NCCCCCCNC(=O)C(F)(F)F. The predicted octanol–water partition coefficient (Wildman–Crippen LogP) is 0.351. The zero-order valence-corrected chi connectivity index (χ0v) is 17.6. The van der Waals surface area contributed by atoms with Gasteiger partial charge in [0, 0.05) is 25.4 Å². The second kappa shape index (κ2) is 12.2. The lowest BCUT2D eigenvalue weighted by Gasteiger charge is -2.15. The van der Waals surface area contributed by atoms with Crippen LogP contribution in [0.1, 0.15) is 37.5 Å². The van der Waals surface area contributed by atoms with Gasteiger partial charge in [-0.3, -0.25) is 23.9 Å². The molecule has 13 heteroatoms. The first-order chi connectivity index (χ1) is 15.6. The highest BCUT2D eigenvalue weighted by Gasteiger charge is 2.38. The molecule has 1 aliphatic heterocycles. The average Bonchev–Trinajstić information content (AvgIpc) is 3.23. The largest absolute Gasteiger partial charge is 0.471 e. The Morgan fingerprint density at radius 1 is 1.12 bits per heavy atom. The Hall–Kier alpha value is -3.19. The van der Waals surface area contributed by atoms with Gasteiger partial charge < -0.3 is 20.5 Å². The highest BCUT2D eigenvalue weighted by atomic mass is 19.4. The molecule has 0 fully saturated rings. The number of aromatic amines is 1. The molecule has 0 aliphatic carbocycles. The number of carbonyl (C=O) groups excluding carboxylic acids is 2. The van der Waals surface area contributed by atoms with E-state index in [2.05, 4.69) is 10.3 Å². The predicted molar refractivity (Wildman–Crippen MR) is 111 cm³/mol. The lowest BCUT2D eigenvalue weighted by atomic mass is 10.2. The zero-order valence-electron chi connectivity index (χ0n) is 17.6. The molecule has 0 spiro atoms. The maximum Gasteiger partial charge on any atom is 0.471 e. The van der Waals surface area contributed by atoms with Crippen molar-refractivity contribution in [3.63, 3.8) is 0 Å². The van der Waals surface area contributed by atoms with Gasteiger partial charge in [-0.2, -0.15) is 13.2 Å². The normalized spacial score (nSPS) is 18.1. The van der Waals surface area contributed by atoms with Gasteiger partial charge in [0.2, 0.25) is 5.91 Å². The van der Waals surface area contributed by atoms with Gasteiger partial charge in [-0.1, -0.05) is 18.9 Å². The summed E-state index contributed by atoms with van der Waals surface area (Å²) < 4.78 is 42.6. The Morgan fingerprint density at radius 2 is 1.79 bits per heavy atom. The molecule has 1 aromatic heterocycles. The van der Waals surface area contributed by atoms with E-state index in [1.54, 1.807) is 17.5 Å². The van der Waals surface area contributed by atoms with Crippen LogP contribution in [0.2, 0.25) is 0 Å². The Morgan fingerprint density at radius 3 is 2.39 bits per heavy atom. The van der Waals surface area contributed by atoms with Crippen molar-refractivity contribution in [3.8, 4) is 0 Å². The van der Waals surface area contributed by atoms with Gasteiger partial charge in [0.05, 0.1) is 12.2 Å². The van der Waals surface area contributed by atoms with Gasteiger partial charge in [-0.25, -0.2) is 4.79 Å². The van der Waals surface area contributed by atoms with Crippen LogP contribution in [0.4, 0.5) is 13.2 Å². The fourth-order valence-corrected chi connectivity index (χ4v) is 2.90. The van der Waals surface area contributed by atoms with E-state index in [-0.39, 0.29) is 18.7 Å². The van der Waals surface area contributed by atoms with E-state index in [0.29, 0.717) is 32.2 Å². The molecule has 1 aromatic rings. The maximum absolute atomic E-state index is 12.0. The van der Waals surface area contributed by atoms with Crippen molar-refractivity contribution in [3.05, 3.63) is 50.8 Å². The van der Waals surface area contributed by atoms with E-state index in [0.717, 1.165) is 10.6 Å². The molecule has 0 unspecified atom stereocenters. The Balaban J connectivity index is 1.73. The number of alkyl halides is 3. The molecular weight excluding hydrogens is 449 g/mol. The third-order valence-electron chi connectivity index (χ3n) is 4.61.